The van der Waals surface area contributed by atoms with Gasteiger partial charge in [-0.2, -0.15) is 0 Å². The summed E-state index contributed by atoms with van der Waals surface area (Å²) in [5.41, 5.74) is 1.11. The standard InChI is InChI=1S/C16H27ClN4/c1-4-18-16(19-10-11-21(5-2)6-3)20-13-14-8-7-9-15(17)12-14/h7-9,12H,4-6,10-11,13H2,1-3H3,(H2,18,19,20). The first-order chi connectivity index (χ1) is 10.2. The van der Waals surface area contributed by atoms with Crippen molar-refractivity contribution in [2.75, 3.05) is 32.7 Å². The van der Waals surface area contributed by atoms with Crippen LogP contribution in [-0.2, 0) is 6.54 Å². The highest BCUT2D eigenvalue weighted by molar-refractivity contribution is 6.30. The van der Waals surface area contributed by atoms with Crippen LogP contribution in [0, 0.1) is 0 Å². The van der Waals surface area contributed by atoms with Gasteiger partial charge in [0.15, 0.2) is 5.96 Å². The fourth-order valence-corrected chi connectivity index (χ4v) is 2.23. The lowest BCUT2D eigenvalue weighted by Gasteiger charge is -2.19. The van der Waals surface area contributed by atoms with Gasteiger partial charge in [0.05, 0.1) is 6.54 Å². The van der Waals surface area contributed by atoms with Crippen LogP contribution in [0.4, 0.5) is 0 Å². The number of hydrogen-bond acceptors (Lipinski definition) is 2. The van der Waals surface area contributed by atoms with Crippen LogP contribution < -0.4 is 10.6 Å². The lowest BCUT2D eigenvalue weighted by Crippen LogP contribution is -2.41. The minimum atomic E-state index is 0.626. The van der Waals surface area contributed by atoms with E-state index in [-0.39, 0.29) is 0 Å². The highest BCUT2D eigenvalue weighted by Crippen LogP contribution is 2.11. The molecule has 4 nitrogen and oxygen atoms in total. The van der Waals surface area contributed by atoms with E-state index in [9.17, 15) is 0 Å². The molecule has 0 saturated carbocycles. The summed E-state index contributed by atoms with van der Waals surface area (Å²) in [5, 5.41) is 7.39. The molecule has 0 heterocycles. The van der Waals surface area contributed by atoms with Crippen molar-refractivity contribution in [3.63, 3.8) is 0 Å². The van der Waals surface area contributed by atoms with E-state index in [4.69, 9.17) is 11.6 Å². The lowest BCUT2D eigenvalue weighted by molar-refractivity contribution is 0.308. The summed E-state index contributed by atoms with van der Waals surface area (Å²) in [7, 11) is 0. The van der Waals surface area contributed by atoms with Gasteiger partial charge in [-0.25, -0.2) is 4.99 Å². The van der Waals surface area contributed by atoms with E-state index < -0.39 is 0 Å². The second-order valence-electron chi connectivity index (χ2n) is 4.78. The topological polar surface area (TPSA) is 39.7 Å². The number of likely N-dealkylation sites (N-methyl/N-ethyl adjacent to an activating group) is 1. The van der Waals surface area contributed by atoms with Crippen LogP contribution >= 0.6 is 11.6 Å². The smallest absolute Gasteiger partial charge is 0.191 e. The molecule has 0 bridgehead atoms. The molecule has 0 atom stereocenters. The number of hydrogen-bond donors (Lipinski definition) is 2. The second-order valence-corrected chi connectivity index (χ2v) is 5.22. The number of halogens is 1. The zero-order chi connectivity index (χ0) is 15.5. The Bertz CT molecular complexity index is 430. The van der Waals surface area contributed by atoms with Crippen molar-refractivity contribution >= 4 is 17.6 Å². The summed E-state index contributed by atoms with van der Waals surface area (Å²) >= 11 is 5.99. The quantitative estimate of drug-likeness (QED) is 0.573. The van der Waals surface area contributed by atoms with Gasteiger partial charge in [0.25, 0.3) is 0 Å². The van der Waals surface area contributed by atoms with E-state index in [1.165, 1.54) is 0 Å². The molecule has 21 heavy (non-hydrogen) atoms. The molecular formula is C16H27ClN4. The van der Waals surface area contributed by atoms with Gasteiger partial charge in [0.2, 0.25) is 0 Å². The van der Waals surface area contributed by atoms with Crippen molar-refractivity contribution in [1.82, 2.24) is 15.5 Å². The van der Waals surface area contributed by atoms with Crippen molar-refractivity contribution in [2.24, 2.45) is 4.99 Å². The normalized spacial score (nSPS) is 11.8. The molecule has 0 aliphatic rings. The summed E-state index contributed by atoms with van der Waals surface area (Å²) in [6.45, 7) is 12.0. The fourth-order valence-electron chi connectivity index (χ4n) is 2.02. The largest absolute Gasteiger partial charge is 0.357 e. The van der Waals surface area contributed by atoms with Gasteiger partial charge in [-0.15, -0.1) is 0 Å². The summed E-state index contributed by atoms with van der Waals surface area (Å²) in [5.74, 6) is 0.852. The van der Waals surface area contributed by atoms with Crippen molar-refractivity contribution in [3.05, 3.63) is 34.9 Å². The number of guanidine groups is 1. The zero-order valence-electron chi connectivity index (χ0n) is 13.3. The molecule has 0 saturated heterocycles. The van der Waals surface area contributed by atoms with Gasteiger partial charge >= 0.3 is 0 Å². The molecule has 0 unspecified atom stereocenters. The first-order valence-corrected chi connectivity index (χ1v) is 8.06. The summed E-state index contributed by atoms with van der Waals surface area (Å²) in [4.78, 5) is 6.97. The van der Waals surface area contributed by atoms with Crippen LogP contribution in [0.2, 0.25) is 5.02 Å². The highest BCUT2D eigenvalue weighted by Gasteiger charge is 2.01. The van der Waals surface area contributed by atoms with E-state index >= 15 is 0 Å². The minimum absolute atomic E-state index is 0.626. The van der Waals surface area contributed by atoms with Crippen LogP contribution in [0.3, 0.4) is 0 Å². The van der Waals surface area contributed by atoms with Crippen LogP contribution in [-0.4, -0.2) is 43.6 Å². The second kappa shape index (κ2) is 10.5. The first-order valence-electron chi connectivity index (χ1n) is 7.68. The Morgan fingerprint density at radius 3 is 2.57 bits per heavy atom. The number of benzene rings is 1. The lowest BCUT2D eigenvalue weighted by atomic mass is 10.2. The predicted octanol–water partition coefficient (Wildman–Crippen LogP) is 2.74. The average Bonchev–Trinajstić information content (AvgIpc) is 2.49. The maximum atomic E-state index is 5.99. The van der Waals surface area contributed by atoms with E-state index in [0.717, 1.165) is 49.3 Å². The van der Waals surface area contributed by atoms with Crippen molar-refractivity contribution in [2.45, 2.75) is 27.3 Å². The Morgan fingerprint density at radius 1 is 1.19 bits per heavy atom. The molecule has 1 rings (SSSR count). The van der Waals surface area contributed by atoms with Gasteiger partial charge in [0.1, 0.15) is 0 Å². The molecule has 0 spiro atoms. The first kappa shape index (κ1) is 17.8. The number of rotatable bonds is 8. The molecular weight excluding hydrogens is 284 g/mol. The summed E-state index contributed by atoms with van der Waals surface area (Å²) in [6.07, 6.45) is 0. The third kappa shape index (κ3) is 7.34. The van der Waals surface area contributed by atoms with Crippen LogP contribution in [0.1, 0.15) is 26.3 Å². The molecule has 118 valence electrons. The molecule has 0 aliphatic carbocycles. The zero-order valence-corrected chi connectivity index (χ0v) is 14.1. The van der Waals surface area contributed by atoms with Gasteiger partial charge < -0.3 is 15.5 Å². The van der Waals surface area contributed by atoms with Gasteiger partial charge in [-0.1, -0.05) is 37.6 Å². The fraction of sp³-hybridized carbons (Fsp3) is 0.562. The van der Waals surface area contributed by atoms with Crippen LogP contribution in [0.5, 0.6) is 0 Å². The van der Waals surface area contributed by atoms with E-state index in [1.807, 2.05) is 24.3 Å². The molecule has 0 aliphatic heterocycles. The highest BCUT2D eigenvalue weighted by atomic mass is 35.5. The van der Waals surface area contributed by atoms with Crippen molar-refractivity contribution in [3.8, 4) is 0 Å². The molecule has 5 heteroatoms. The van der Waals surface area contributed by atoms with E-state index in [0.29, 0.717) is 6.54 Å². The van der Waals surface area contributed by atoms with Gasteiger partial charge in [-0.05, 0) is 37.7 Å². The number of aliphatic imine (C=N–C) groups is 1. The van der Waals surface area contributed by atoms with E-state index in [2.05, 4.69) is 41.3 Å². The molecule has 0 amide bonds. The molecule has 1 aromatic rings. The predicted molar refractivity (Wildman–Crippen MR) is 92.1 cm³/mol. The Kier molecular flexibility index (Phi) is 8.87. The molecule has 1 aromatic carbocycles. The maximum absolute atomic E-state index is 5.99. The minimum Gasteiger partial charge on any atom is -0.357 e. The van der Waals surface area contributed by atoms with Crippen LogP contribution in [0.25, 0.3) is 0 Å². The molecule has 2 N–H and O–H groups in total. The van der Waals surface area contributed by atoms with E-state index in [1.54, 1.807) is 0 Å². The third-order valence-corrected chi connectivity index (χ3v) is 3.50. The van der Waals surface area contributed by atoms with Gasteiger partial charge in [-0.3, -0.25) is 0 Å². The van der Waals surface area contributed by atoms with Gasteiger partial charge in [0, 0.05) is 24.7 Å². The molecule has 0 fully saturated rings. The maximum Gasteiger partial charge on any atom is 0.191 e. The Hall–Kier alpha value is -1.26. The number of nitrogens with one attached hydrogen (secondary N) is 2. The average molecular weight is 311 g/mol. The van der Waals surface area contributed by atoms with Crippen LogP contribution in [0.15, 0.2) is 29.3 Å². The molecule has 0 aromatic heterocycles. The molecule has 0 radical (unpaired) electrons. The Morgan fingerprint density at radius 2 is 1.95 bits per heavy atom. The van der Waals surface area contributed by atoms with Crippen molar-refractivity contribution in [1.29, 1.82) is 0 Å². The summed E-state index contributed by atoms with van der Waals surface area (Å²) < 4.78 is 0. The SMILES string of the molecule is CCNC(=NCc1cccc(Cl)c1)NCCN(CC)CC. The Balaban J connectivity index is 2.49. The number of nitrogens with zero attached hydrogens (tertiary/aromatic N) is 2. The third-order valence-electron chi connectivity index (χ3n) is 3.27. The monoisotopic (exact) mass is 310 g/mol. The Labute approximate surface area is 133 Å². The summed E-state index contributed by atoms with van der Waals surface area (Å²) in [6, 6.07) is 7.82. The van der Waals surface area contributed by atoms with Crippen molar-refractivity contribution < 1.29 is 0 Å².